The predicted molar refractivity (Wildman–Crippen MR) is 52.0 cm³/mol. The molecular formula is C10H13NO5. The van der Waals surface area contributed by atoms with Crippen LogP contribution in [-0.2, 0) is 9.59 Å². The van der Waals surface area contributed by atoms with E-state index in [2.05, 4.69) is 0 Å². The van der Waals surface area contributed by atoms with E-state index in [1.165, 1.54) is 0 Å². The van der Waals surface area contributed by atoms with Gasteiger partial charge >= 0.3 is 12.1 Å². The molecule has 0 aliphatic carbocycles. The highest BCUT2D eigenvalue weighted by Gasteiger charge is 2.48. The highest BCUT2D eigenvalue weighted by Crippen LogP contribution is 2.34. The minimum absolute atomic E-state index is 0.122. The first-order valence-electron chi connectivity index (χ1n) is 5.30. The summed E-state index contributed by atoms with van der Waals surface area (Å²) in [5, 5.41) is 17.9. The number of aliphatic carboxylic acids is 1. The summed E-state index contributed by atoms with van der Waals surface area (Å²) >= 11 is 0. The summed E-state index contributed by atoms with van der Waals surface area (Å²) in [4.78, 5) is 34.9. The maximum Gasteiger partial charge on any atom is 0.408 e. The molecule has 2 N–H and O–H groups in total. The van der Waals surface area contributed by atoms with Crippen molar-refractivity contribution >= 4 is 17.8 Å². The van der Waals surface area contributed by atoms with Crippen LogP contribution < -0.4 is 0 Å². The molecule has 2 aliphatic rings. The van der Waals surface area contributed by atoms with Gasteiger partial charge in [0, 0.05) is 6.04 Å². The van der Waals surface area contributed by atoms with Crippen LogP contribution in [0.3, 0.4) is 0 Å². The maximum absolute atomic E-state index is 11.8. The van der Waals surface area contributed by atoms with E-state index >= 15 is 0 Å². The van der Waals surface area contributed by atoms with Crippen molar-refractivity contribution in [3.8, 4) is 0 Å². The van der Waals surface area contributed by atoms with Crippen LogP contribution in [0.5, 0.6) is 0 Å². The van der Waals surface area contributed by atoms with Crippen molar-refractivity contribution in [2.75, 3.05) is 0 Å². The molecule has 0 aromatic heterocycles. The second-order valence-corrected chi connectivity index (χ2v) is 4.32. The van der Waals surface area contributed by atoms with Gasteiger partial charge in [-0.2, -0.15) is 0 Å². The van der Waals surface area contributed by atoms with E-state index in [1.54, 1.807) is 0 Å². The highest BCUT2D eigenvalue weighted by molar-refractivity contribution is 6.03. The van der Waals surface area contributed by atoms with Crippen LogP contribution in [0, 0.1) is 5.92 Å². The summed E-state index contributed by atoms with van der Waals surface area (Å²) in [6, 6.07) is -1.05. The van der Waals surface area contributed by atoms with Gasteiger partial charge in [-0.25, -0.2) is 4.79 Å². The predicted octanol–water partition coefficient (Wildman–Crippen LogP) is 0.561. The van der Waals surface area contributed by atoms with E-state index in [-0.39, 0.29) is 12.5 Å². The lowest BCUT2D eigenvalue weighted by Gasteiger charge is -2.45. The van der Waals surface area contributed by atoms with Crippen molar-refractivity contribution in [1.29, 1.82) is 0 Å². The molecule has 0 saturated carbocycles. The van der Waals surface area contributed by atoms with Gasteiger partial charge in [0.1, 0.15) is 5.92 Å². The molecule has 6 nitrogen and oxygen atoms in total. The molecule has 6 heteroatoms. The van der Waals surface area contributed by atoms with E-state index in [4.69, 9.17) is 10.2 Å². The lowest BCUT2D eigenvalue weighted by Crippen LogP contribution is -2.60. The van der Waals surface area contributed by atoms with Gasteiger partial charge in [-0.1, -0.05) is 0 Å². The zero-order valence-electron chi connectivity index (χ0n) is 8.63. The quantitative estimate of drug-likeness (QED) is 0.638. The summed E-state index contributed by atoms with van der Waals surface area (Å²) in [5.74, 6) is -2.61. The third-order valence-corrected chi connectivity index (χ3v) is 3.44. The molecule has 2 rings (SSSR count). The number of hydrogen-bond acceptors (Lipinski definition) is 3. The second-order valence-electron chi connectivity index (χ2n) is 4.32. The first-order chi connectivity index (χ1) is 7.52. The number of carbonyl (C=O) groups is 3. The lowest BCUT2D eigenvalue weighted by atomic mass is 9.77. The highest BCUT2D eigenvalue weighted by atomic mass is 16.4. The summed E-state index contributed by atoms with van der Waals surface area (Å²) < 4.78 is 0. The Hall–Kier alpha value is -1.59. The van der Waals surface area contributed by atoms with Crippen LogP contribution in [0.1, 0.15) is 25.7 Å². The number of hydrogen-bond donors (Lipinski definition) is 2. The fourth-order valence-electron chi connectivity index (χ4n) is 2.72. The Bertz CT molecular complexity index is 353. The van der Waals surface area contributed by atoms with Gasteiger partial charge in [0.05, 0.1) is 6.04 Å². The Morgan fingerprint density at radius 1 is 1.25 bits per heavy atom. The van der Waals surface area contributed by atoms with E-state index in [0.717, 1.165) is 11.3 Å². The van der Waals surface area contributed by atoms with Gasteiger partial charge in [0.2, 0.25) is 0 Å². The van der Waals surface area contributed by atoms with Crippen molar-refractivity contribution in [2.45, 2.75) is 37.8 Å². The largest absolute Gasteiger partial charge is 0.481 e. The topological polar surface area (TPSA) is 94.9 Å². The number of rotatable bonds is 1. The fraction of sp³-hybridized carbons (Fsp3) is 0.700. The Kier molecular flexibility index (Phi) is 2.57. The molecule has 0 aromatic rings. The molecule has 1 unspecified atom stereocenters. The molecule has 2 bridgehead atoms. The third kappa shape index (κ3) is 1.54. The third-order valence-electron chi connectivity index (χ3n) is 3.44. The number of nitrogens with zero attached hydrogens (tertiary/aromatic N) is 1. The fourth-order valence-corrected chi connectivity index (χ4v) is 2.72. The Morgan fingerprint density at radius 2 is 1.94 bits per heavy atom. The van der Waals surface area contributed by atoms with Crippen molar-refractivity contribution in [3.63, 3.8) is 0 Å². The van der Waals surface area contributed by atoms with Crippen LogP contribution >= 0.6 is 0 Å². The lowest BCUT2D eigenvalue weighted by molar-refractivity contribution is -0.153. The molecule has 2 fully saturated rings. The van der Waals surface area contributed by atoms with Gasteiger partial charge < -0.3 is 10.2 Å². The standard InChI is InChI=1S/C10H13NO5/c12-8-6(9(13)14)4-5-2-1-3-7(8)11(5)10(15)16/h5-7H,1-4H2,(H,13,14)(H,15,16)/t5-,6?,7+/m1/s1. The number of fused-ring (bicyclic) bond motifs is 2. The molecule has 0 radical (unpaired) electrons. The number of carboxylic acids is 1. The van der Waals surface area contributed by atoms with E-state index in [9.17, 15) is 14.4 Å². The summed E-state index contributed by atoms with van der Waals surface area (Å²) in [6.07, 6.45) is 0.895. The van der Waals surface area contributed by atoms with Crippen molar-refractivity contribution < 1.29 is 24.6 Å². The molecule has 88 valence electrons. The van der Waals surface area contributed by atoms with Crippen LogP contribution in [0.2, 0.25) is 0 Å². The minimum atomic E-state index is -1.13. The van der Waals surface area contributed by atoms with Crippen molar-refractivity contribution in [3.05, 3.63) is 0 Å². The van der Waals surface area contributed by atoms with Gasteiger partial charge in [-0.05, 0) is 25.7 Å². The van der Waals surface area contributed by atoms with Gasteiger partial charge in [0.25, 0.3) is 0 Å². The Labute approximate surface area is 91.8 Å². The van der Waals surface area contributed by atoms with Crippen LogP contribution in [0.25, 0.3) is 0 Å². The van der Waals surface area contributed by atoms with Gasteiger partial charge in [0.15, 0.2) is 5.78 Å². The maximum atomic E-state index is 11.8. The zero-order chi connectivity index (χ0) is 11.9. The number of carbonyl (C=O) groups excluding carboxylic acids is 1. The minimum Gasteiger partial charge on any atom is -0.481 e. The van der Waals surface area contributed by atoms with Gasteiger partial charge in [-0.3, -0.25) is 14.5 Å². The average Bonchev–Trinajstić information content (AvgIpc) is 2.22. The molecule has 2 saturated heterocycles. The average molecular weight is 227 g/mol. The summed E-state index contributed by atoms with van der Waals surface area (Å²) in [5.41, 5.74) is 0. The number of Topliss-reactive ketones (excluding diaryl/α,β-unsaturated/α-hetero) is 1. The normalized spacial score (nSPS) is 33.6. The molecule has 2 heterocycles. The summed E-state index contributed by atoms with van der Waals surface area (Å²) in [7, 11) is 0. The number of carboxylic acid groups (broad SMARTS) is 2. The van der Waals surface area contributed by atoms with Crippen molar-refractivity contribution in [1.82, 2.24) is 4.90 Å². The Morgan fingerprint density at radius 3 is 2.50 bits per heavy atom. The number of piperidine rings is 2. The first kappa shape index (κ1) is 10.9. The number of ketones is 1. The van der Waals surface area contributed by atoms with Crippen molar-refractivity contribution in [2.24, 2.45) is 5.92 Å². The molecule has 16 heavy (non-hydrogen) atoms. The second kappa shape index (κ2) is 3.77. The zero-order valence-corrected chi connectivity index (χ0v) is 8.63. The molecule has 0 aromatic carbocycles. The van der Waals surface area contributed by atoms with E-state index in [1.807, 2.05) is 0 Å². The van der Waals surface area contributed by atoms with E-state index < -0.39 is 29.8 Å². The number of amides is 1. The monoisotopic (exact) mass is 227 g/mol. The van der Waals surface area contributed by atoms with Crippen LogP contribution in [0.4, 0.5) is 4.79 Å². The Balaban J connectivity index is 2.28. The smallest absolute Gasteiger partial charge is 0.408 e. The SMILES string of the molecule is O=C(O)C1C[C@H]2CCC[C@@H](C1=O)N2C(=O)O. The first-order valence-corrected chi connectivity index (χ1v) is 5.30. The molecule has 3 atom stereocenters. The molecule has 0 spiro atoms. The van der Waals surface area contributed by atoms with Crippen LogP contribution in [-0.4, -0.2) is 45.0 Å². The van der Waals surface area contributed by atoms with Gasteiger partial charge in [-0.15, -0.1) is 0 Å². The van der Waals surface area contributed by atoms with Crippen LogP contribution in [0.15, 0.2) is 0 Å². The molecular weight excluding hydrogens is 214 g/mol. The van der Waals surface area contributed by atoms with E-state index in [0.29, 0.717) is 12.8 Å². The molecule has 1 amide bonds. The molecule has 2 aliphatic heterocycles. The summed E-state index contributed by atoms with van der Waals surface area (Å²) in [6.45, 7) is 0.